The maximum Gasteiger partial charge on any atom is 0.344 e. The topological polar surface area (TPSA) is 103 Å². The monoisotopic (exact) mass is 503 g/mol. The second kappa shape index (κ2) is 11.9. The number of allylic oxidation sites excluding steroid dienone is 1. The second-order valence-electron chi connectivity index (χ2n) is 9.22. The predicted molar refractivity (Wildman–Crippen MR) is 144 cm³/mol. The minimum Gasteiger partial charge on any atom is -0.490 e. The summed E-state index contributed by atoms with van der Waals surface area (Å²) < 4.78 is 13.0. The first-order chi connectivity index (χ1) is 17.9. The first-order valence-electron chi connectivity index (χ1n) is 12.8. The van der Waals surface area contributed by atoms with E-state index in [1.54, 1.807) is 24.4 Å². The molecule has 0 saturated heterocycles. The lowest BCUT2D eigenvalue weighted by Gasteiger charge is -2.22. The Morgan fingerprint density at radius 1 is 1.27 bits per heavy atom. The van der Waals surface area contributed by atoms with Crippen molar-refractivity contribution in [3.8, 4) is 11.5 Å². The highest BCUT2D eigenvalue weighted by Gasteiger charge is 2.23. The molecule has 0 radical (unpaired) electrons. The number of fused-ring (bicyclic) bond motifs is 1. The van der Waals surface area contributed by atoms with Crippen molar-refractivity contribution in [3.63, 3.8) is 0 Å². The molecule has 0 aliphatic heterocycles. The Labute approximate surface area is 216 Å². The van der Waals surface area contributed by atoms with E-state index >= 15 is 0 Å². The van der Waals surface area contributed by atoms with Crippen molar-refractivity contribution in [3.05, 3.63) is 76.4 Å². The van der Waals surface area contributed by atoms with E-state index in [9.17, 15) is 14.7 Å². The lowest BCUT2D eigenvalue weighted by Crippen LogP contribution is -2.25. The number of ether oxygens (including phenoxy) is 2. The summed E-state index contributed by atoms with van der Waals surface area (Å²) in [6.45, 7) is 7.49. The van der Waals surface area contributed by atoms with E-state index in [1.807, 2.05) is 31.2 Å². The zero-order chi connectivity index (χ0) is 26.4. The van der Waals surface area contributed by atoms with Crippen LogP contribution in [-0.2, 0) is 11.2 Å². The van der Waals surface area contributed by atoms with Gasteiger partial charge in [0.15, 0.2) is 17.6 Å². The summed E-state index contributed by atoms with van der Waals surface area (Å²) in [6, 6.07) is 10.9. The summed E-state index contributed by atoms with van der Waals surface area (Å²) in [5, 5.41) is 14.5. The number of hydrogen-bond donors (Lipinski definition) is 1. The highest BCUT2D eigenvalue weighted by Crippen LogP contribution is 2.35. The smallest absolute Gasteiger partial charge is 0.344 e. The average molecular weight is 504 g/mol. The Hall–Kier alpha value is -3.94. The standard InChI is InChI=1S/C29H33N3O5/c1-4-11-22-16-20(17-25(36-5-2)26(22)37-19(3)29(34)35)18-30-32-27(21-12-7-6-8-13-21)31-24-15-10-9-14-23(24)28(32)33/h4,9-10,14-19,21H,1,5-8,11-13H2,2-3H3,(H,34,35)/t19-/m0/s1. The molecule has 1 atom stereocenters. The fourth-order valence-corrected chi connectivity index (χ4v) is 4.69. The van der Waals surface area contributed by atoms with Crippen LogP contribution < -0.4 is 15.0 Å². The maximum atomic E-state index is 13.5. The van der Waals surface area contributed by atoms with E-state index < -0.39 is 12.1 Å². The SMILES string of the molecule is C=CCc1cc(C=Nn2c(C3CCCCC3)nc3ccccc3c2=O)cc(OCC)c1O[C@@H](C)C(=O)O. The van der Waals surface area contributed by atoms with E-state index in [1.165, 1.54) is 18.0 Å². The van der Waals surface area contributed by atoms with E-state index in [0.717, 1.165) is 25.7 Å². The van der Waals surface area contributed by atoms with Crippen molar-refractivity contribution in [2.24, 2.45) is 5.10 Å². The number of aromatic nitrogens is 2. The summed E-state index contributed by atoms with van der Waals surface area (Å²) in [7, 11) is 0. The number of carboxylic acid groups (broad SMARTS) is 1. The van der Waals surface area contributed by atoms with Crippen LogP contribution in [0.5, 0.6) is 11.5 Å². The lowest BCUT2D eigenvalue weighted by atomic mass is 9.88. The van der Waals surface area contributed by atoms with Crippen molar-refractivity contribution in [2.45, 2.75) is 64.4 Å². The van der Waals surface area contributed by atoms with Crippen LogP contribution in [0.3, 0.4) is 0 Å². The van der Waals surface area contributed by atoms with E-state index in [4.69, 9.17) is 14.5 Å². The largest absolute Gasteiger partial charge is 0.490 e. The van der Waals surface area contributed by atoms with Gasteiger partial charge in [0.25, 0.3) is 5.56 Å². The Balaban J connectivity index is 1.81. The van der Waals surface area contributed by atoms with Crippen molar-refractivity contribution in [1.82, 2.24) is 9.66 Å². The van der Waals surface area contributed by atoms with Gasteiger partial charge in [0.05, 0.1) is 23.7 Å². The Bertz CT molecular complexity index is 1370. The van der Waals surface area contributed by atoms with E-state index in [-0.39, 0.29) is 11.5 Å². The number of para-hydroxylation sites is 1. The molecule has 1 aromatic heterocycles. The molecule has 4 rings (SSSR count). The molecular weight excluding hydrogens is 470 g/mol. The zero-order valence-corrected chi connectivity index (χ0v) is 21.4. The van der Waals surface area contributed by atoms with Gasteiger partial charge in [-0.2, -0.15) is 9.78 Å². The van der Waals surface area contributed by atoms with E-state index in [2.05, 4.69) is 11.7 Å². The van der Waals surface area contributed by atoms with Crippen LogP contribution >= 0.6 is 0 Å². The molecule has 0 bridgehead atoms. The number of hydrogen-bond acceptors (Lipinski definition) is 6. The van der Waals surface area contributed by atoms with Crippen LogP contribution in [0.4, 0.5) is 0 Å². The maximum absolute atomic E-state index is 13.5. The van der Waals surface area contributed by atoms with Crippen LogP contribution in [0, 0.1) is 0 Å². The molecule has 0 unspecified atom stereocenters. The van der Waals surface area contributed by atoms with Crippen LogP contribution in [0.2, 0.25) is 0 Å². The zero-order valence-electron chi connectivity index (χ0n) is 21.4. The fourth-order valence-electron chi connectivity index (χ4n) is 4.69. The lowest BCUT2D eigenvalue weighted by molar-refractivity contribution is -0.144. The number of carboxylic acids is 1. The summed E-state index contributed by atoms with van der Waals surface area (Å²) >= 11 is 0. The molecular formula is C29H33N3O5. The third-order valence-corrected chi connectivity index (χ3v) is 6.53. The van der Waals surface area contributed by atoms with Gasteiger partial charge >= 0.3 is 5.97 Å². The first-order valence-corrected chi connectivity index (χ1v) is 12.8. The van der Waals surface area contributed by atoms with Crippen molar-refractivity contribution in [1.29, 1.82) is 0 Å². The van der Waals surface area contributed by atoms with E-state index in [0.29, 0.717) is 52.4 Å². The fraction of sp³-hybridized carbons (Fsp3) is 0.379. The Morgan fingerprint density at radius 2 is 2.03 bits per heavy atom. The molecule has 0 amide bonds. The average Bonchev–Trinajstić information content (AvgIpc) is 2.90. The van der Waals surface area contributed by atoms with Gasteiger partial charge in [0, 0.05) is 11.5 Å². The normalized spacial score (nSPS) is 15.1. The molecule has 1 aliphatic carbocycles. The molecule has 194 valence electrons. The predicted octanol–water partition coefficient (Wildman–Crippen LogP) is 5.31. The van der Waals surface area contributed by atoms with Crippen LogP contribution in [0.25, 0.3) is 10.9 Å². The Kier molecular flexibility index (Phi) is 8.38. The van der Waals surface area contributed by atoms with Gasteiger partial charge in [-0.25, -0.2) is 9.78 Å². The van der Waals surface area contributed by atoms with Crippen molar-refractivity contribution >= 4 is 23.1 Å². The number of rotatable bonds is 10. The van der Waals surface area contributed by atoms with Crippen molar-refractivity contribution < 1.29 is 19.4 Å². The highest BCUT2D eigenvalue weighted by atomic mass is 16.5. The quantitative estimate of drug-likeness (QED) is 0.297. The molecule has 8 nitrogen and oxygen atoms in total. The van der Waals surface area contributed by atoms with Gasteiger partial charge in [-0.1, -0.05) is 37.5 Å². The summed E-state index contributed by atoms with van der Waals surface area (Å²) in [5.41, 5.74) is 1.88. The third-order valence-electron chi connectivity index (χ3n) is 6.53. The van der Waals surface area contributed by atoms with Gasteiger partial charge in [-0.05, 0) is 62.9 Å². The summed E-state index contributed by atoms with van der Waals surface area (Å²) in [5.74, 6) is 0.559. The highest BCUT2D eigenvalue weighted by molar-refractivity contribution is 5.82. The molecule has 1 N–H and O–H groups in total. The minimum absolute atomic E-state index is 0.173. The van der Waals surface area contributed by atoms with Crippen LogP contribution in [-0.4, -0.2) is 39.7 Å². The molecule has 37 heavy (non-hydrogen) atoms. The third kappa shape index (κ3) is 5.90. The first kappa shape index (κ1) is 26.1. The molecule has 2 aromatic carbocycles. The van der Waals surface area contributed by atoms with Gasteiger partial charge in [-0.3, -0.25) is 4.79 Å². The summed E-state index contributed by atoms with van der Waals surface area (Å²) in [6.07, 6.45) is 8.08. The number of carbonyl (C=O) groups is 1. The molecule has 3 aromatic rings. The number of aliphatic carboxylic acids is 1. The van der Waals surface area contributed by atoms with Gasteiger partial charge < -0.3 is 14.6 Å². The Morgan fingerprint density at radius 3 is 2.73 bits per heavy atom. The second-order valence-corrected chi connectivity index (χ2v) is 9.22. The molecule has 0 spiro atoms. The van der Waals surface area contributed by atoms with Gasteiger partial charge in [0.2, 0.25) is 0 Å². The molecule has 8 heteroatoms. The number of nitrogens with zero attached hydrogens (tertiary/aromatic N) is 3. The molecule has 1 aliphatic rings. The van der Waals surface area contributed by atoms with Gasteiger partial charge in [-0.15, -0.1) is 6.58 Å². The number of benzene rings is 2. The summed E-state index contributed by atoms with van der Waals surface area (Å²) in [4.78, 5) is 29.8. The van der Waals surface area contributed by atoms with Crippen LogP contribution in [0.15, 0.2) is 58.9 Å². The van der Waals surface area contributed by atoms with Gasteiger partial charge in [0.1, 0.15) is 5.82 Å². The molecule has 1 heterocycles. The van der Waals surface area contributed by atoms with Crippen LogP contribution in [0.1, 0.15) is 68.8 Å². The van der Waals surface area contributed by atoms with Crippen molar-refractivity contribution in [2.75, 3.05) is 6.61 Å². The minimum atomic E-state index is -1.07. The molecule has 1 saturated carbocycles. The molecule has 1 fully saturated rings.